The first kappa shape index (κ1) is 27.4. The Morgan fingerprint density at radius 2 is 1.78 bits per heavy atom. The molecule has 0 aromatic carbocycles. The Labute approximate surface area is 217 Å². The van der Waals surface area contributed by atoms with Crippen LogP contribution in [0.25, 0.3) is 0 Å². The Kier molecular flexibility index (Phi) is 7.26. The lowest BCUT2D eigenvalue weighted by Gasteiger charge is -2.60. The summed E-state index contributed by atoms with van der Waals surface area (Å²) in [6.45, 7) is 4.07. The average Bonchev–Trinajstić information content (AvgIpc) is 3.19. The molecule has 6 N–H and O–H groups in total. The standard InChI is InChI=1S/C27H42O10/c1-26-8-7-13(36-25-22(33)20(31)21(32)23(37-25)24(34)35)9-12(26)3-4-14-15-5-6-16(18(30)11-28)27(15,2)10-17(29)19(14)26/h12-16,18-23,25,28,30-33H,3-11H2,1-2H3,(H,34,35)/t12-,13-,14-,15+,16-,18-,19+,20+,21-,22+,23+,25-,26+,27+/m1/s1. The van der Waals surface area contributed by atoms with Gasteiger partial charge in [0.05, 0.1) is 18.8 Å². The molecule has 1 aliphatic heterocycles. The monoisotopic (exact) mass is 526 g/mol. The molecule has 0 aromatic heterocycles. The van der Waals surface area contributed by atoms with Crippen LogP contribution >= 0.6 is 0 Å². The second kappa shape index (κ2) is 9.80. The number of ketones is 1. The predicted octanol–water partition coefficient (Wildman–Crippen LogP) is 0.455. The van der Waals surface area contributed by atoms with E-state index in [0.29, 0.717) is 25.2 Å². The van der Waals surface area contributed by atoms with E-state index in [2.05, 4.69) is 13.8 Å². The highest BCUT2D eigenvalue weighted by Crippen LogP contribution is 2.67. The van der Waals surface area contributed by atoms with Gasteiger partial charge in [0.25, 0.3) is 0 Å². The molecule has 4 saturated carbocycles. The van der Waals surface area contributed by atoms with Crippen molar-refractivity contribution in [1.82, 2.24) is 0 Å². The number of ether oxygens (including phenoxy) is 2. The molecule has 0 spiro atoms. The fraction of sp³-hybridized carbons (Fsp3) is 0.926. The van der Waals surface area contributed by atoms with Gasteiger partial charge >= 0.3 is 5.97 Å². The van der Waals surface area contributed by atoms with E-state index in [1.807, 2.05) is 0 Å². The highest BCUT2D eigenvalue weighted by atomic mass is 16.7. The molecule has 5 aliphatic rings. The van der Waals surface area contributed by atoms with Gasteiger partial charge in [0.15, 0.2) is 12.4 Å². The van der Waals surface area contributed by atoms with Gasteiger partial charge in [0.2, 0.25) is 0 Å². The molecule has 10 heteroatoms. The van der Waals surface area contributed by atoms with Crippen LogP contribution in [0.2, 0.25) is 0 Å². The van der Waals surface area contributed by atoms with Crippen molar-refractivity contribution in [3.05, 3.63) is 0 Å². The fourth-order valence-corrected chi connectivity index (χ4v) is 9.31. The molecule has 0 radical (unpaired) electrons. The van der Waals surface area contributed by atoms with E-state index < -0.39 is 42.8 Å². The maximum atomic E-state index is 13.8. The molecule has 1 heterocycles. The Balaban J connectivity index is 1.29. The van der Waals surface area contributed by atoms with Crippen LogP contribution in [0.3, 0.4) is 0 Å². The molecule has 37 heavy (non-hydrogen) atoms. The minimum Gasteiger partial charge on any atom is -0.479 e. The van der Waals surface area contributed by atoms with Crippen molar-refractivity contribution >= 4 is 11.8 Å². The maximum Gasteiger partial charge on any atom is 0.335 e. The van der Waals surface area contributed by atoms with Crippen LogP contribution in [0.1, 0.15) is 65.2 Å². The number of hydrogen-bond acceptors (Lipinski definition) is 9. The van der Waals surface area contributed by atoms with Crippen LogP contribution in [-0.4, -0.2) is 91.9 Å². The second-order valence-corrected chi connectivity index (χ2v) is 12.9. The van der Waals surface area contributed by atoms with Gasteiger partial charge in [-0.2, -0.15) is 0 Å². The number of fused-ring (bicyclic) bond motifs is 5. The lowest BCUT2D eigenvalue weighted by molar-refractivity contribution is -0.309. The van der Waals surface area contributed by atoms with Crippen molar-refractivity contribution in [2.75, 3.05) is 6.61 Å². The van der Waals surface area contributed by atoms with Crippen molar-refractivity contribution < 1.29 is 49.7 Å². The third-order valence-electron chi connectivity index (χ3n) is 11.2. The lowest BCUT2D eigenvalue weighted by atomic mass is 9.44. The molecule has 0 aromatic rings. The smallest absolute Gasteiger partial charge is 0.335 e. The van der Waals surface area contributed by atoms with Gasteiger partial charge in [-0.3, -0.25) is 4.79 Å². The summed E-state index contributed by atoms with van der Waals surface area (Å²) in [6.07, 6.45) is -3.13. The summed E-state index contributed by atoms with van der Waals surface area (Å²) in [5.74, 6) is -0.470. The summed E-state index contributed by atoms with van der Waals surface area (Å²) in [7, 11) is 0. The Hall–Kier alpha value is -1.14. The number of aliphatic hydroxyl groups is 5. The van der Waals surface area contributed by atoms with Gasteiger partial charge < -0.3 is 40.1 Å². The van der Waals surface area contributed by atoms with Crippen molar-refractivity contribution in [3.63, 3.8) is 0 Å². The van der Waals surface area contributed by atoms with Crippen molar-refractivity contribution in [2.24, 2.45) is 40.4 Å². The quantitative estimate of drug-likeness (QED) is 0.276. The van der Waals surface area contributed by atoms with E-state index in [-0.39, 0.29) is 53.0 Å². The third-order valence-corrected chi connectivity index (χ3v) is 11.2. The van der Waals surface area contributed by atoms with E-state index in [1.165, 1.54) is 0 Å². The molecule has 14 atom stereocenters. The largest absolute Gasteiger partial charge is 0.479 e. The molecular formula is C27H42O10. The number of carboxylic acids is 1. The highest BCUT2D eigenvalue weighted by Gasteiger charge is 2.64. The predicted molar refractivity (Wildman–Crippen MR) is 128 cm³/mol. The van der Waals surface area contributed by atoms with Crippen molar-refractivity contribution in [2.45, 2.75) is 108 Å². The number of Topliss-reactive ketones (excluding diaryl/α,β-unsaturated/α-hetero) is 1. The second-order valence-electron chi connectivity index (χ2n) is 12.9. The molecule has 210 valence electrons. The van der Waals surface area contributed by atoms with Gasteiger partial charge in [-0.15, -0.1) is 0 Å². The van der Waals surface area contributed by atoms with Crippen molar-refractivity contribution in [3.8, 4) is 0 Å². The Morgan fingerprint density at radius 3 is 2.46 bits per heavy atom. The van der Waals surface area contributed by atoms with Crippen molar-refractivity contribution in [1.29, 1.82) is 0 Å². The first-order valence-corrected chi connectivity index (χ1v) is 13.8. The number of hydrogen-bond donors (Lipinski definition) is 6. The molecule has 5 fully saturated rings. The van der Waals surface area contributed by atoms with Crippen LogP contribution in [0.5, 0.6) is 0 Å². The fourth-order valence-electron chi connectivity index (χ4n) is 9.31. The summed E-state index contributed by atoms with van der Waals surface area (Å²) < 4.78 is 11.3. The number of aliphatic hydroxyl groups excluding tert-OH is 5. The zero-order chi connectivity index (χ0) is 26.9. The van der Waals surface area contributed by atoms with Crippen LogP contribution in [0.4, 0.5) is 0 Å². The molecule has 1 saturated heterocycles. The summed E-state index contributed by atoms with van der Waals surface area (Å²) in [5.41, 5.74) is -0.481. The van der Waals surface area contributed by atoms with Crippen LogP contribution in [-0.2, 0) is 19.1 Å². The van der Waals surface area contributed by atoms with Crippen LogP contribution in [0, 0.1) is 40.4 Å². The zero-order valence-corrected chi connectivity index (χ0v) is 21.6. The Bertz CT molecular complexity index is 896. The molecule has 10 nitrogen and oxygen atoms in total. The van der Waals surface area contributed by atoms with E-state index >= 15 is 0 Å². The summed E-state index contributed by atoms with van der Waals surface area (Å²) in [5, 5.41) is 59.8. The third kappa shape index (κ3) is 4.27. The van der Waals surface area contributed by atoms with Gasteiger partial charge in [0.1, 0.15) is 24.1 Å². The molecule has 5 rings (SSSR count). The Morgan fingerprint density at radius 1 is 1.05 bits per heavy atom. The number of rotatable bonds is 5. The lowest BCUT2D eigenvalue weighted by Crippen LogP contribution is -2.61. The van der Waals surface area contributed by atoms with Gasteiger partial charge in [-0.25, -0.2) is 4.79 Å². The first-order chi connectivity index (χ1) is 17.4. The maximum absolute atomic E-state index is 13.8. The van der Waals surface area contributed by atoms with Gasteiger partial charge in [-0.05, 0) is 79.4 Å². The average molecular weight is 527 g/mol. The summed E-state index contributed by atoms with van der Waals surface area (Å²) >= 11 is 0. The normalized spacial score (nSPS) is 52.6. The SMILES string of the molecule is C[C@]12CC[C@@H](O[C@@H]3O[C@H](C(=O)O)[C@H](O)[C@H](O)[C@@H]3O)C[C@H]1CC[C@H]1[C@H]2C(=O)C[C@]2(C)[C@@H]([C@H](O)CO)CC[C@@H]12. The molecule has 0 amide bonds. The zero-order valence-electron chi connectivity index (χ0n) is 21.6. The number of carbonyl (C=O) groups is 2. The first-order valence-electron chi connectivity index (χ1n) is 13.8. The van der Waals surface area contributed by atoms with Crippen LogP contribution < -0.4 is 0 Å². The molecule has 0 bridgehead atoms. The summed E-state index contributed by atoms with van der Waals surface area (Å²) in [4.78, 5) is 25.2. The molecule has 4 aliphatic carbocycles. The molecule has 0 unspecified atom stereocenters. The molecular weight excluding hydrogens is 484 g/mol. The minimum absolute atomic E-state index is 0.0554. The van der Waals surface area contributed by atoms with Gasteiger partial charge in [0, 0.05) is 12.3 Å². The van der Waals surface area contributed by atoms with Crippen LogP contribution in [0.15, 0.2) is 0 Å². The minimum atomic E-state index is -1.76. The number of carbonyl (C=O) groups excluding carboxylic acids is 1. The summed E-state index contributed by atoms with van der Waals surface area (Å²) in [6, 6.07) is 0. The van der Waals surface area contributed by atoms with E-state index in [4.69, 9.17) is 9.47 Å². The number of carboxylic acid groups (broad SMARTS) is 1. The van der Waals surface area contributed by atoms with E-state index in [1.54, 1.807) is 0 Å². The van der Waals surface area contributed by atoms with E-state index in [9.17, 15) is 40.2 Å². The van der Waals surface area contributed by atoms with E-state index in [0.717, 1.165) is 32.1 Å². The number of aliphatic carboxylic acids is 1. The highest BCUT2D eigenvalue weighted by molar-refractivity contribution is 5.84. The van der Waals surface area contributed by atoms with Gasteiger partial charge in [-0.1, -0.05) is 13.8 Å². The topological polar surface area (TPSA) is 174 Å².